The number of hydrogen-bond acceptors (Lipinski definition) is 4. The highest BCUT2D eigenvalue weighted by Gasteiger charge is 2.40. The largest absolute Gasteiger partial charge is 0.447 e. The lowest BCUT2D eigenvalue weighted by atomic mass is 9.77. The van der Waals surface area contributed by atoms with E-state index in [1.165, 1.54) is 4.90 Å². The maximum atomic E-state index is 13.0. The van der Waals surface area contributed by atoms with Gasteiger partial charge in [0.1, 0.15) is 12.1 Å². The molecule has 1 unspecified atom stereocenters. The molecule has 1 aliphatic heterocycles. The Kier molecular flexibility index (Phi) is 6.91. The minimum atomic E-state index is -0.652. The fourth-order valence-electron chi connectivity index (χ4n) is 5.23. The van der Waals surface area contributed by atoms with Crippen molar-refractivity contribution in [2.75, 3.05) is 6.61 Å². The molecule has 37 heavy (non-hydrogen) atoms. The smallest absolute Gasteiger partial charge is 0.416 e. The van der Waals surface area contributed by atoms with Crippen LogP contribution >= 0.6 is 0 Å². The normalized spacial score (nSPS) is 15.7. The summed E-state index contributed by atoms with van der Waals surface area (Å²) >= 11 is 0. The van der Waals surface area contributed by atoms with Crippen molar-refractivity contribution < 1.29 is 14.3 Å². The van der Waals surface area contributed by atoms with Crippen molar-refractivity contribution >= 4 is 12.0 Å². The van der Waals surface area contributed by atoms with Crippen molar-refractivity contribution in [1.82, 2.24) is 14.5 Å². The second kappa shape index (κ2) is 10.4. The number of cyclic esters (lactones) is 1. The molecule has 5 rings (SSSR count). The summed E-state index contributed by atoms with van der Waals surface area (Å²) in [5.41, 5.74) is 3.45. The highest BCUT2D eigenvalue weighted by molar-refractivity contribution is 5.93. The first-order chi connectivity index (χ1) is 18.0. The van der Waals surface area contributed by atoms with Gasteiger partial charge in [0.25, 0.3) is 0 Å². The molecule has 2 amide bonds. The van der Waals surface area contributed by atoms with E-state index < -0.39 is 11.6 Å². The number of benzene rings is 3. The third-order valence-electron chi connectivity index (χ3n) is 7.14. The van der Waals surface area contributed by atoms with E-state index >= 15 is 0 Å². The second-order valence-corrected chi connectivity index (χ2v) is 9.73. The van der Waals surface area contributed by atoms with Crippen LogP contribution in [-0.4, -0.2) is 39.1 Å². The van der Waals surface area contributed by atoms with Crippen LogP contribution in [0, 0.1) is 5.92 Å². The fraction of sp³-hybridized carbons (Fsp3) is 0.258. The third kappa shape index (κ3) is 4.55. The lowest BCUT2D eigenvalue weighted by Gasteiger charge is -2.37. The summed E-state index contributed by atoms with van der Waals surface area (Å²) in [6, 6.07) is 30.9. The van der Waals surface area contributed by atoms with Gasteiger partial charge in [0.05, 0.1) is 18.1 Å². The summed E-state index contributed by atoms with van der Waals surface area (Å²) in [5.74, 6) is -0.0889. The number of carbonyl (C=O) groups is 2. The van der Waals surface area contributed by atoms with Crippen LogP contribution in [0.15, 0.2) is 104 Å². The number of imidazole rings is 1. The van der Waals surface area contributed by atoms with Gasteiger partial charge in [-0.2, -0.15) is 0 Å². The molecular weight excluding hydrogens is 462 g/mol. The van der Waals surface area contributed by atoms with E-state index in [0.717, 1.165) is 22.4 Å². The highest BCUT2D eigenvalue weighted by Crippen LogP contribution is 2.40. The van der Waals surface area contributed by atoms with Crippen LogP contribution in [-0.2, 0) is 21.5 Å². The Morgan fingerprint density at radius 2 is 1.43 bits per heavy atom. The Morgan fingerprint density at radius 1 is 0.919 bits per heavy atom. The molecule has 1 aromatic heterocycles. The predicted molar refractivity (Wildman–Crippen MR) is 142 cm³/mol. The molecule has 3 aromatic carbocycles. The number of carbonyl (C=O) groups excluding carboxylic acids is 2. The van der Waals surface area contributed by atoms with E-state index in [1.54, 1.807) is 0 Å². The van der Waals surface area contributed by atoms with Crippen molar-refractivity contribution in [3.8, 4) is 0 Å². The van der Waals surface area contributed by atoms with Crippen LogP contribution in [0.2, 0.25) is 0 Å². The lowest BCUT2D eigenvalue weighted by molar-refractivity contribution is -0.129. The molecule has 0 spiro atoms. The zero-order valence-corrected chi connectivity index (χ0v) is 21.2. The minimum Gasteiger partial charge on any atom is -0.447 e. The van der Waals surface area contributed by atoms with Crippen molar-refractivity contribution in [2.24, 2.45) is 5.92 Å². The molecule has 0 radical (unpaired) electrons. The van der Waals surface area contributed by atoms with E-state index in [4.69, 9.17) is 9.72 Å². The molecule has 0 N–H and O–H groups in total. The first-order valence-corrected chi connectivity index (χ1v) is 12.7. The number of ether oxygens (including phenoxy) is 1. The van der Waals surface area contributed by atoms with Crippen LogP contribution in [0.4, 0.5) is 4.79 Å². The number of rotatable bonds is 8. The number of hydrogen-bond donors (Lipinski definition) is 0. The molecule has 6 heteroatoms. The molecule has 0 aliphatic carbocycles. The highest BCUT2D eigenvalue weighted by atomic mass is 16.6. The van der Waals surface area contributed by atoms with Crippen LogP contribution in [0.1, 0.15) is 42.7 Å². The maximum Gasteiger partial charge on any atom is 0.416 e. The van der Waals surface area contributed by atoms with E-state index in [2.05, 4.69) is 41.0 Å². The van der Waals surface area contributed by atoms with E-state index in [0.29, 0.717) is 6.42 Å². The zero-order valence-electron chi connectivity index (χ0n) is 21.2. The Labute approximate surface area is 217 Å². The van der Waals surface area contributed by atoms with E-state index in [-0.39, 0.29) is 30.9 Å². The van der Waals surface area contributed by atoms with E-state index in [9.17, 15) is 9.59 Å². The van der Waals surface area contributed by atoms with Crippen molar-refractivity contribution in [2.45, 2.75) is 38.3 Å². The Balaban J connectivity index is 1.52. The first-order valence-electron chi connectivity index (χ1n) is 12.7. The van der Waals surface area contributed by atoms with Crippen LogP contribution < -0.4 is 0 Å². The molecule has 4 aromatic rings. The molecule has 0 bridgehead atoms. The monoisotopic (exact) mass is 493 g/mol. The molecule has 1 aliphatic rings. The molecule has 6 nitrogen and oxygen atoms in total. The Bertz CT molecular complexity index is 1250. The molecule has 1 fully saturated rings. The molecule has 2 heterocycles. The molecular formula is C31H31N3O3. The van der Waals surface area contributed by atoms with Gasteiger partial charge in [0.15, 0.2) is 0 Å². The van der Waals surface area contributed by atoms with Crippen molar-refractivity contribution in [1.29, 1.82) is 0 Å². The maximum absolute atomic E-state index is 13.0. The second-order valence-electron chi connectivity index (χ2n) is 9.73. The lowest BCUT2D eigenvalue weighted by Crippen LogP contribution is -2.41. The average Bonchev–Trinajstić information content (AvgIpc) is 3.57. The van der Waals surface area contributed by atoms with Crippen LogP contribution in [0.5, 0.6) is 0 Å². The summed E-state index contributed by atoms with van der Waals surface area (Å²) in [4.78, 5) is 31.2. The molecule has 0 saturated carbocycles. The van der Waals surface area contributed by atoms with Gasteiger partial charge >= 0.3 is 6.09 Å². The standard InChI is InChI=1S/C31H31N3O3/c1-23(2)28-21-37-30(36)34(28)29(35)19-18-27-20-33(22-32-27)31(24-12-6-3-7-13-24,25-14-8-4-9-15-25)26-16-10-5-11-17-26/h3-17,20,22-23,28H,18-19,21H2,1-2H3. The molecule has 1 atom stereocenters. The van der Waals surface area contributed by atoms with Gasteiger partial charge in [-0.3, -0.25) is 4.79 Å². The fourth-order valence-corrected chi connectivity index (χ4v) is 5.23. The van der Waals surface area contributed by atoms with Gasteiger partial charge < -0.3 is 9.30 Å². The van der Waals surface area contributed by atoms with Crippen molar-refractivity contribution in [3.05, 3.63) is 126 Å². The molecule has 188 valence electrons. The zero-order chi connectivity index (χ0) is 25.8. The van der Waals surface area contributed by atoms with E-state index in [1.807, 2.05) is 81.0 Å². The number of nitrogens with zero attached hydrogens (tertiary/aromatic N) is 3. The van der Waals surface area contributed by atoms with Crippen molar-refractivity contribution in [3.63, 3.8) is 0 Å². The van der Waals surface area contributed by atoms with Gasteiger partial charge in [-0.25, -0.2) is 14.7 Å². The number of aromatic nitrogens is 2. The van der Waals surface area contributed by atoms with Gasteiger partial charge in [0, 0.05) is 12.6 Å². The number of amides is 2. The Hall–Kier alpha value is -4.19. The number of aryl methyl sites for hydroxylation is 1. The summed E-state index contributed by atoms with van der Waals surface area (Å²) in [5, 5.41) is 0. The summed E-state index contributed by atoms with van der Waals surface area (Å²) in [7, 11) is 0. The van der Waals surface area contributed by atoms with Gasteiger partial charge in [-0.15, -0.1) is 0 Å². The molecule has 1 saturated heterocycles. The Morgan fingerprint density at radius 3 is 1.92 bits per heavy atom. The summed E-state index contributed by atoms with van der Waals surface area (Å²) < 4.78 is 7.29. The van der Waals surface area contributed by atoms with Crippen LogP contribution in [0.25, 0.3) is 0 Å². The summed E-state index contributed by atoms with van der Waals surface area (Å²) in [6.45, 7) is 4.24. The minimum absolute atomic E-state index is 0.137. The SMILES string of the molecule is CC(C)C1COC(=O)N1C(=O)CCc1cn(C(c2ccccc2)(c2ccccc2)c2ccccc2)cn1. The van der Waals surface area contributed by atoms with Gasteiger partial charge in [-0.1, -0.05) is 105 Å². The van der Waals surface area contributed by atoms with Gasteiger partial charge in [-0.05, 0) is 29.0 Å². The summed E-state index contributed by atoms with van der Waals surface area (Å²) in [6.07, 6.45) is 3.92. The third-order valence-corrected chi connectivity index (χ3v) is 7.14. The van der Waals surface area contributed by atoms with Crippen LogP contribution in [0.3, 0.4) is 0 Å². The average molecular weight is 494 g/mol. The van der Waals surface area contributed by atoms with Gasteiger partial charge in [0.2, 0.25) is 5.91 Å². The predicted octanol–water partition coefficient (Wildman–Crippen LogP) is 5.66. The quantitative estimate of drug-likeness (QED) is 0.297. The topological polar surface area (TPSA) is 64.4 Å². The first kappa shape index (κ1) is 24.5. The number of imide groups is 1.